The lowest BCUT2D eigenvalue weighted by Gasteiger charge is -2.11. The molecule has 2 rings (SSSR count). The van der Waals surface area contributed by atoms with E-state index in [0.29, 0.717) is 22.3 Å². The fourth-order valence-electron chi connectivity index (χ4n) is 1.66. The van der Waals surface area contributed by atoms with Gasteiger partial charge in [-0.1, -0.05) is 29.3 Å². The first kappa shape index (κ1) is 14.5. The van der Waals surface area contributed by atoms with Gasteiger partial charge in [-0.2, -0.15) is 11.8 Å². The van der Waals surface area contributed by atoms with E-state index in [2.05, 4.69) is 5.32 Å². The zero-order valence-electron chi connectivity index (χ0n) is 9.99. The molecule has 1 heterocycles. The Balaban J connectivity index is 1.76. The third-order valence-corrected chi connectivity index (χ3v) is 4.40. The van der Waals surface area contributed by atoms with Crippen LogP contribution in [0.5, 0.6) is 0 Å². The highest BCUT2D eigenvalue weighted by Gasteiger charge is 2.27. The van der Waals surface area contributed by atoms with E-state index in [1.165, 1.54) is 4.90 Å². The number of rotatable bonds is 5. The third kappa shape index (κ3) is 3.78. The minimum absolute atomic E-state index is 0.107. The summed E-state index contributed by atoms with van der Waals surface area (Å²) in [6.45, 7) is 0.535. The van der Waals surface area contributed by atoms with Crippen molar-refractivity contribution in [2.75, 3.05) is 18.8 Å². The van der Waals surface area contributed by atoms with Crippen LogP contribution in [-0.2, 0) is 10.5 Å². The molecule has 3 amide bonds. The van der Waals surface area contributed by atoms with Crippen molar-refractivity contribution < 1.29 is 9.59 Å². The number of nitrogens with one attached hydrogen (secondary N) is 1. The average Bonchev–Trinajstić information content (AvgIpc) is 2.70. The maximum Gasteiger partial charge on any atom is 0.324 e. The Kier molecular flexibility index (Phi) is 4.96. The molecule has 0 bridgehead atoms. The molecule has 1 aromatic rings. The standard InChI is InChI=1S/C12H12Cl2N2O2S/c13-9-2-1-8(5-10(9)14)7-19-4-3-16-11(17)6-15-12(16)18/h1-2,5H,3-4,6-7H2,(H,15,18). The van der Waals surface area contributed by atoms with Crippen LogP contribution < -0.4 is 5.32 Å². The molecule has 0 saturated carbocycles. The largest absolute Gasteiger partial charge is 0.329 e. The SMILES string of the molecule is O=C1CNC(=O)N1CCSCc1ccc(Cl)c(Cl)c1. The van der Waals surface area contributed by atoms with E-state index in [0.717, 1.165) is 11.3 Å². The van der Waals surface area contributed by atoms with E-state index in [9.17, 15) is 9.59 Å². The zero-order valence-corrected chi connectivity index (χ0v) is 12.3. The lowest BCUT2D eigenvalue weighted by Crippen LogP contribution is -2.32. The van der Waals surface area contributed by atoms with Gasteiger partial charge < -0.3 is 5.32 Å². The van der Waals surface area contributed by atoms with Gasteiger partial charge in [0, 0.05) is 18.1 Å². The molecule has 4 nitrogen and oxygen atoms in total. The van der Waals surface area contributed by atoms with Gasteiger partial charge in [-0.15, -0.1) is 0 Å². The molecule has 1 aromatic carbocycles. The fourth-order valence-corrected chi connectivity index (χ4v) is 2.85. The second-order valence-electron chi connectivity index (χ2n) is 4.01. The first-order valence-electron chi connectivity index (χ1n) is 5.68. The third-order valence-electron chi connectivity index (χ3n) is 2.65. The number of thioether (sulfide) groups is 1. The summed E-state index contributed by atoms with van der Waals surface area (Å²) < 4.78 is 0. The molecule has 1 aliphatic heterocycles. The van der Waals surface area contributed by atoms with Crippen LogP contribution in [0.2, 0.25) is 10.0 Å². The summed E-state index contributed by atoms with van der Waals surface area (Å²) in [4.78, 5) is 23.9. The summed E-state index contributed by atoms with van der Waals surface area (Å²) in [6, 6.07) is 5.19. The highest BCUT2D eigenvalue weighted by Crippen LogP contribution is 2.24. The second kappa shape index (κ2) is 6.50. The van der Waals surface area contributed by atoms with Gasteiger partial charge in [-0.3, -0.25) is 9.69 Å². The predicted molar refractivity (Wildman–Crippen MR) is 77.7 cm³/mol. The van der Waals surface area contributed by atoms with E-state index in [1.54, 1.807) is 17.8 Å². The molecule has 1 aliphatic rings. The van der Waals surface area contributed by atoms with Crippen molar-refractivity contribution in [2.45, 2.75) is 5.75 Å². The Morgan fingerprint density at radius 3 is 2.68 bits per heavy atom. The van der Waals surface area contributed by atoms with Crippen LogP contribution in [0.4, 0.5) is 4.79 Å². The van der Waals surface area contributed by atoms with E-state index in [-0.39, 0.29) is 18.5 Å². The number of halogens is 2. The lowest BCUT2D eigenvalue weighted by molar-refractivity contribution is -0.124. The van der Waals surface area contributed by atoms with Gasteiger partial charge in [-0.05, 0) is 17.7 Å². The number of carbonyl (C=O) groups is 2. The highest BCUT2D eigenvalue weighted by atomic mass is 35.5. The average molecular weight is 319 g/mol. The maximum atomic E-state index is 11.3. The van der Waals surface area contributed by atoms with Crippen LogP contribution in [0, 0.1) is 0 Å². The van der Waals surface area contributed by atoms with Crippen molar-refractivity contribution >= 4 is 46.9 Å². The zero-order chi connectivity index (χ0) is 13.8. The van der Waals surface area contributed by atoms with Gasteiger partial charge in [0.15, 0.2) is 0 Å². The van der Waals surface area contributed by atoms with Crippen LogP contribution in [0.25, 0.3) is 0 Å². The molecule has 1 fully saturated rings. The summed E-state index contributed by atoms with van der Waals surface area (Å²) >= 11 is 13.4. The molecule has 0 atom stereocenters. The summed E-state index contributed by atoms with van der Waals surface area (Å²) in [5.74, 6) is 1.29. The molecule has 0 aromatic heterocycles. The molecule has 0 unspecified atom stereocenters. The smallest absolute Gasteiger partial charge is 0.324 e. The van der Waals surface area contributed by atoms with Crippen LogP contribution >= 0.6 is 35.0 Å². The van der Waals surface area contributed by atoms with Gasteiger partial charge in [0.1, 0.15) is 0 Å². The van der Waals surface area contributed by atoms with Gasteiger partial charge in [0.05, 0.1) is 16.6 Å². The van der Waals surface area contributed by atoms with Gasteiger partial charge in [-0.25, -0.2) is 4.79 Å². The number of urea groups is 1. The van der Waals surface area contributed by atoms with Crippen LogP contribution in [-0.4, -0.2) is 35.7 Å². The Labute approximate surface area is 125 Å². The maximum absolute atomic E-state index is 11.3. The van der Waals surface area contributed by atoms with Crippen molar-refractivity contribution in [3.05, 3.63) is 33.8 Å². The molecule has 0 radical (unpaired) electrons. The Morgan fingerprint density at radius 2 is 2.05 bits per heavy atom. The molecular formula is C12H12Cl2N2O2S. The monoisotopic (exact) mass is 318 g/mol. The van der Waals surface area contributed by atoms with Crippen molar-refractivity contribution in [1.29, 1.82) is 0 Å². The number of benzene rings is 1. The summed E-state index contributed by atoms with van der Waals surface area (Å²) in [5.41, 5.74) is 1.07. The molecule has 19 heavy (non-hydrogen) atoms. The van der Waals surface area contributed by atoms with E-state index in [1.807, 2.05) is 12.1 Å². The molecular weight excluding hydrogens is 307 g/mol. The van der Waals surface area contributed by atoms with E-state index in [4.69, 9.17) is 23.2 Å². The topological polar surface area (TPSA) is 49.4 Å². The van der Waals surface area contributed by atoms with Crippen molar-refractivity contribution in [3.8, 4) is 0 Å². The Hall–Kier alpha value is -0.910. The van der Waals surface area contributed by atoms with Crippen molar-refractivity contribution in [1.82, 2.24) is 10.2 Å². The van der Waals surface area contributed by atoms with Crippen molar-refractivity contribution in [3.63, 3.8) is 0 Å². The predicted octanol–water partition coefficient (Wildman–Crippen LogP) is 2.78. The first-order chi connectivity index (χ1) is 9.08. The minimum Gasteiger partial charge on any atom is -0.329 e. The fraction of sp³-hybridized carbons (Fsp3) is 0.333. The number of nitrogens with zero attached hydrogens (tertiary/aromatic N) is 1. The van der Waals surface area contributed by atoms with Gasteiger partial charge >= 0.3 is 6.03 Å². The number of imide groups is 1. The number of amides is 3. The van der Waals surface area contributed by atoms with E-state index >= 15 is 0 Å². The quantitative estimate of drug-likeness (QED) is 0.671. The van der Waals surface area contributed by atoms with Crippen LogP contribution in [0.3, 0.4) is 0 Å². The summed E-state index contributed by atoms with van der Waals surface area (Å²) in [7, 11) is 0. The first-order valence-corrected chi connectivity index (χ1v) is 7.59. The molecule has 0 spiro atoms. The van der Waals surface area contributed by atoms with Crippen LogP contribution in [0.1, 0.15) is 5.56 Å². The Morgan fingerprint density at radius 1 is 1.26 bits per heavy atom. The number of carbonyl (C=O) groups excluding carboxylic acids is 2. The van der Waals surface area contributed by atoms with E-state index < -0.39 is 0 Å². The van der Waals surface area contributed by atoms with Gasteiger partial charge in [0.2, 0.25) is 5.91 Å². The highest BCUT2D eigenvalue weighted by molar-refractivity contribution is 7.98. The second-order valence-corrected chi connectivity index (χ2v) is 5.92. The number of hydrogen-bond donors (Lipinski definition) is 1. The molecule has 7 heteroatoms. The normalized spacial score (nSPS) is 14.9. The minimum atomic E-state index is -0.305. The molecule has 102 valence electrons. The lowest BCUT2D eigenvalue weighted by atomic mass is 10.2. The summed E-state index contributed by atoms with van der Waals surface area (Å²) in [5, 5.41) is 3.56. The van der Waals surface area contributed by atoms with Gasteiger partial charge in [0.25, 0.3) is 0 Å². The summed E-state index contributed by atoms with van der Waals surface area (Å²) in [6.07, 6.45) is 0. The number of hydrogen-bond acceptors (Lipinski definition) is 3. The van der Waals surface area contributed by atoms with Crippen LogP contribution in [0.15, 0.2) is 18.2 Å². The molecule has 0 aliphatic carbocycles. The van der Waals surface area contributed by atoms with Crippen molar-refractivity contribution in [2.24, 2.45) is 0 Å². The molecule has 1 N–H and O–H groups in total. The molecule has 1 saturated heterocycles. The Bertz CT molecular complexity index is 495.